The quantitative estimate of drug-likeness (QED) is 0.747. The standard InChI is InChI=1S/C15H15F3N2O2/c1-9-6-7-19-12(8-9)13(21)20(14(19)22)11-5-3-2-4-10(11)15(16,17)18/h2-5,9,12H,6-8H2,1H3. The minimum atomic E-state index is -4.62. The van der Waals surface area contributed by atoms with Crippen LogP contribution in [0.15, 0.2) is 24.3 Å². The zero-order valence-corrected chi connectivity index (χ0v) is 11.9. The van der Waals surface area contributed by atoms with Gasteiger partial charge < -0.3 is 4.90 Å². The van der Waals surface area contributed by atoms with E-state index in [0.29, 0.717) is 17.9 Å². The number of urea groups is 1. The predicted octanol–water partition coefficient (Wildman–Crippen LogP) is 3.27. The summed E-state index contributed by atoms with van der Waals surface area (Å²) in [6, 6.07) is 3.39. The van der Waals surface area contributed by atoms with E-state index in [1.165, 1.54) is 23.1 Å². The van der Waals surface area contributed by atoms with Gasteiger partial charge in [-0.2, -0.15) is 13.2 Å². The smallest absolute Gasteiger partial charge is 0.312 e. The van der Waals surface area contributed by atoms with Gasteiger partial charge in [0.15, 0.2) is 0 Å². The third-order valence-corrected chi connectivity index (χ3v) is 4.26. The number of nitrogens with zero attached hydrogens (tertiary/aromatic N) is 2. The second-order valence-electron chi connectivity index (χ2n) is 5.81. The molecule has 0 aliphatic carbocycles. The Morgan fingerprint density at radius 2 is 1.86 bits per heavy atom. The summed E-state index contributed by atoms with van der Waals surface area (Å²) in [5.74, 6) is -0.288. The highest BCUT2D eigenvalue weighted by atomic mass is 19.4. The van der Waals surface area contributed by atoms with Gasteiger partial charge in [0, 0.05) is 6.54 Å². The molecule has 22 heavy (non-hydrogen) atoms. The summed E-state index contributed by atoms with van der Waals surface area (Å²) in [6.45, 7) is 2.38. The number of piperidine rings is 1. The number of benzene rings is 1. The summed E-state index contributed by atoms with van der Waals surface area (Å²) in [5, 5.41) is 0. The number of amides is 3. The van der Waals surface area contributed by atoms with Crippen LogP contribution in [0, 0.1) is 5.92 Å². The number of para-hydroxylation sites is 1. The lowest BCUT2D eigenvalue weighted by Crippen LogP contribution is -2.41. The van der Waals surface area contributed by atoms with E-state index in [4.69, 9.17) is 0 Å². The first kappa shape index (κ1) is 14.9. The van der Waals surface area contributed by atoms with Crippen molar-refractivity contribution in [3.8, 4) is 0 Å². The highest BCUT2D eigenvalue weighted by molar-refractivity contribution is 6.21. The molecule has 2 saturated heterocycles. The molecule has 2 aliphatic rings. The van der Waals surface area contributed by atoms with E-state index in [2.05, 4.69) is 0 Å². The van der Waals surface area contributed by atoms with Crippen molar-refractivity contribution in [3.05, 3.63) is 29.8 Å². The van der Waals surface area contributed by atoms with Gasteiger partial charge in [-0.15, -0.1) is 0 Å². The van der Waals surface area contributed by atoms with Gasteiger partial charge in [-0.3, -0.25) is 4.79 Å². The molecule has 2 heterocycles. The molecule has 2 atom stereocenters. The Morgan fingerprint density at radius 1 is 1.18 bits per heavy atom. The molecular weight excluding hydrogens is 297 g/mol. The number of carbonyl (C=O) groups excluding carboxylic acids is 2. The zero-order chi connectivity index (χ0) is 16.1. The lowest BCUT2D eigenvalue weighted by Gasteiger charge is -2.30. The molecular formula is C15H15F3N2O2. The van der Waals surface area contributed by atoms with Crippen LogP contribution in [0.5, 0.6) is 0 Å². The lowest BCUT2D eigenvalue weighted by molar-refractivity contribution is -0.137. The van der Waals surface area contributed by atoms with Gasteiger partial charge >= 0.3 is 12.2 Å². The fourth-order valence-electron chi connectivity index (χ4n) is 3.11. The summed E-state index contributed by atoms with van der Waals surface area (Å²) in [5.41, 5.74) is -1.35. The van der Waals surface area contributed by atoms with E-state index in [1.807, 2.05) is 6.92 Å². The summed E-state index contributed by atoms with van der Waals surface area (Å²) in [7, 11) is 0. The molecule has 1 aromatic rings. The van der Waals surface area contributed by atoms with Gasteiger partial charge in [0.2, 0.25) is 0 Å². The minimum Gasteiger partial charge on any atom is -0.312 e. The molecule has 2 aliphatic heterocycles. The number of hydrogen-bond donors (Lipinski definition) is 0. The number of fused-ring (bicyclic) bond motifs is 1. The van der Waals surface area contributed by atoms with E-state index in [-0.39, 0.29) is 11.6 Å². The normalized spacial score (nSPS) is 25.6. The van der Waals surface area contributed by atoms with Gasteiger partial charge in [0.25, 0.3) is 5.91 Å². The summed E-state index contributed by atoms with van der Waals surface area (Å²) in [6.07, 6.45) is -3.37. The summed E-state index contributed by atoms with van der Waals surface area (Å²) < 4.78 is 39.4. The number of imide groups is 1. The van der Waals surface area contributed by atoms with Gasteiger partial charge in [0.05, 0.1) is 11.3 Å². The van der Waals surface area contributed by atoms with Crippen LogP contribution in [-0.2, 0) is 11.0 Å². The number of halogens is 3. The van der Waals surface area contributed by atoms with Gasteiger partial charge in [-0.25, -0.2) is 9.69 Å². The van der Waals surface area contributed by atoms with Crippen molar-refractivity contribution in [2.24, 2.45) is 5.92 Å². The molecule has 0 N–H and O–H groups in total. The van der Waals surface area contributed by atoms with Crippen molar-refractivity contribution in [1.29, 1.82) is 0 Å². The Hall–Kier alpha value is -2.05. The van der Waals surface area contributed by atoms with Crippen molar-refractivity contribution in [2.45, 2.75) is 32.0 Å². The van der Waals surface area contributed by atoms with Crippen molar-refractivity contribution < 1.29 is 22.8 Å². The number of anilines is 1. The molecule has 1 aromatic carbocycles. The van der Waals surface area contributed by atoms with E-state index >= 15 is 0 Å². The Kier molecular flexibility index (Phi) is 3.38. The minimum absolute atomic E-state index is 0.274. The van der Waals surface area contributed by atoms with Crippen LogP contribution >= 0.6 is 0 Å². The van der Waals surface area contributed by atoms with E-state index in [1.54, 1.807) is 0 Å². The van der Waals surface area contributed by atoms with E-state index in [0.717, 1.165) is 12.5 Å². The topological polar surface area (TPSA) is 40.6 Å². The molecule has 0 bridgehead atoms. The van der Waals surface area contributed by atoms with Crippen LogP contribution in [0.4, 0.5) is 23.7 Å². The third-order valence-electron chi connectivity index (χ3n) is 4.26. The molecule has 7 heteroatoms. The fraction of sp³-hybridized carbons (Fsp3) is 0.467. The first-order valence-electron chi connectivity index (χ1n) is 7.11. The molecule has 4 nitrogen and oxygen atoms in total. The third kappa shape index (κ3) is 2.24. The average Bonchev–Trinajstić information content (AvgIpc) is 2.69. The molecule has 0 aromatic heterocycles. The molecule has 0 spiro atoms. The summed E-state index contributed by atoms with van der Waals surface area (Å²) >= 11 is 0. The van der Waals surface area contributed by atoms with Crippen LogP contribution in [0.1, 0.15) is 25.3 Å². The Labute approximate surface area is 125 Å². The second-order valence-corrected chi connectivity index (χ2v) is 5.81. The molecule has 3 amide bonds. The van der Waals surface area contributed by atoms with Crippen LogP contribution in [0.2, 0.25) is 0 Å². The second kappa shape index (κ2) is 5.00. The van der Waals surface area contributed by atoms with E-state index < -0.39 is 29.7 Å². The maximum Gasteiger partial charge on any atom is 0.418 e. The number of rotatable bonds is 1. The highest BCUT2D eigenvalue weighted by Crippen LogP contribution is 2.40. The molecule has 2 unspecified atom stereocenters. The number of hydrogen-bond acceptors (Lipinski definition) is 2. The Morgan fingerprint density at radius 3 is 2.55 bits per heavy atom. The zero-order valence-electron chi connectivity index (χ0n) is 11.9. The first-order valence-corrected chi connectivity index (χ1v) is 7.11. The maximum atomic E-state index is 13.1. The van der Waals surface area contributed by atoms with Crippen LogP contribution < -0.4 is 4.90 Å². The van der Waals surface area contributed by atoms with Crippen LogP contribution in [0.3, 0.4) is 0 Å². The largest absolute Gasteiger partial charge is 0.418 e. The maximum absolute atomic E-state index is 13.1. The predicted molar refractivity (Wildman–Crippen MR) is 73.2 cm³/mol. The fourth-order valence-corrected chi connectivity index (χ4v) is 3.11. The van der Waals surface area contributed by atoms with Gasteiger partial charge in [-0.1, -0.05) is 19.1 Å². The first-order chi connectivity index (χ1) is 10.3. The molecule has 0 saturated carbocycles. The van der Waals surface area contributed by atoms with Crippen molar-refractivity contribution in [1.82, 2.24) is 4.90 Å². The molecule has 2 fully saturated rings. The Bertz CT molecular complexity index is 629. The van der Waals surface area contributed by atoms with Crippen LogP contribution in [-0.4, -0.2) is 29.4 Å². The monoisotopic (exact) mass is 312 g/mol. The van der Waals surface area contributed by atoms with Gasteiger partial charge in [-0.05, 0) is 30.9 Å². The van der Waals surface area contributed by atoms with Crippen molar-refractivity contribution in [3.63, 3.8) is 0 Å². The molecule has 118 valence electrons. The lowest BCUT2D eigenvalue weighted by atomic mass is 9.93. The molecule has 0 radical (unpaired) electrons. The number of alkyl halides is 3. The summed E-state index contributed by atoms with van der Waals surface area (Å²) in [4.78, 5) is 26.9. The van der Waals surface area contributed by atoms with Crippen LogP contribution in [0.25, 0.3) is 0 Å². The van der Waals surface area contributed by atoms with E-state index in [9.17, 15) is 22.8 Å². The SMILES string of the molecule is CC1CCN2C(=O)N(c3ccccc3C(F)(F)F)C(=O)C2C1. The van der Waals surface area contributed by atoms with Gasteiger partial charge in [0.1, 0.15) is 6.04 Å². The molecule has 3 rings (SSSR count). The average molecular weight is 312 g/mol. The Balaban J connectivity index is 2.03. The van der Waals surface area contributed by atoms with Crippen molar-refractivity contribution >= 4 is 17.6 Å². The highest BCUT2D eigenvalue weighted by Gasteiger charge is 2.49. The van der Waals surface area contributed by atoms with Crippen molar-refractivity contribution in [2.75, 3.05) is 11.4 Å². The number of carbonyl (C=O) groups is 2.